The highest BCUT2D eigenvalue weighted by molar-refractivity contribution is 5.80. The lowest BCUT2D eigenvalue weighted by Gasteiger charge is -2.17. The summed E-state index contributed by atoms with van der Waals surface area (Å²) in [6.45, 7) is 2.20. The van der Waals surface area contributed by atoms with Gasteiger partial charge in [0.1, 0.15) is 5.58 Å². The molecule has 0 saturated carbocycles. The Morgan fingerprint density at radius 3 is 2.62 bits per heavy atom. The van der Waals surface area contributed by atoms with Crippen LogP contribution < -0.4 is 10.5 Å². The van der Waals surface area contributed by atoms with E-state index in [0.29, 0.717) is 5.58 Å². The zero-order valence-electron chi connectivity index (χ0n) is 8.98. The second-order valence-corrected chi connectivity index (χ2v) is 4.17. The average Bonchev–Trinajstić information content (AvgIpc) is 2.81. The van der Waals surface area contributed by atoms with E-state index in [4.69, 9.17) is 4.42 Å². The van der Waals surface area contributed by atoms with E-state index in [1.54, 1.807) is 6.07 Å². The van der Waals surface area contributed by atoms with Crippen LogP contribution in [0.4, 0.5) is 5.69 Å². The van der Waals surface area contributed by atoms with Gasteiger partial charge in [0.25, 0.3) is 0 Å². The number of benzene rings is 1. The molecular formula is C13H13NO2. The van der Waals surface area contributed by atoms with E-state index in [1.807, 2.05) is 12.1 Å². The molecule has 16 heavy (non-hydrogen) atoms. The highest BCUT2D eigenvalue weighted by Gasteiger charge is 2.12. The monoisotopic (exact) mass is 215 g/mol. The van der Waals surface area contributed by atoms with Crippen LogP contribution in [0, 0.1) is 0 Å². The summed E-state index contributed by atoms with van der Waals surface area (Å²) < 4.78 is 5.18. The summed E-state index contributed by atoms with van der Waals surface area (Å²) in [5.74, 6) is 0. The van der Waals surface area contributed by atoms with E-state index < -0.39 is 0 Å². The lowest BCUT2D eigenvalue weighted by atomic mass is 10.2. The molecule has 0 bridgehead atoms. The molecule has 1 aliphatic heterocycles. The molecule has 2 aromatic rings. The zero-order valence-corrected chi connectivity index (χ0v) is 8.98. The fourth-order valence-electron chi connectivity index (χ4n) is 2.22. The van der Waals surface area contributed by atoms with Crippen LogP contribution in [-0.2, 0) is 0 Å². The molecule has 1 aromatic carbocycles. The molecule has 0 radical (unpaired) electrons. The first-order valence-electron chi connectivity index (χ1n) is 5.62. The van der Waals surface area contributed by atoms with Gasteiger partial charge in [0.15, 0.2) is 0 Å². The summed E-state index contributed by atoms with van der Waals surface area (Å²) in [7, 11) is 0. The quantitative estimate of drug-likeness (QED) is 0.685. The van der Waals surface area contributed by atoms with Crippen LogP contribution in [0.2, 0.25) is 0 Å². The Labute approximate surface area is 93.3 Å². The van der Waals surface area contributed by atoms with Gasteiger partial charge in [0.05, 0.1) is 0 Å². The van der Waals surface area contributed by atoms with Gasteiger partial charge in [-0.05, 0) is 31.0 Å². The standard InChI is InChI=1S/C13H13NO2/c15-13-6-4-10-3-5-11(9-12(10)16-13)14-7-1-2-8-14/h3-6,9H,1-2,7-8H2. The molecule has 1 saturated heterocycles. The van der Waals surface area contributed by atoms with Gasteiger partial charge in [0.2, 0.25) is 0 Å². The maximum Gasteiger partial charge on any atom is 0.336 e. The molecule has 3 nitrogen and oxygen atoms in total. The second kappa shape index (κ2) is 3.67. The Kier molecular flexibility index (Phi) is 2.17. The van der Waals surface area contributed by atoms with Crippen LogP contribution in [0.15, 0.2) is 39.5 Å². The van der Waals surface area contributed by atoms with Crippen molar-refractivity contribution in [3.05, 3.63) is 40.8 Å². The topological polar surface area (TPSA) is 33.5 Å². The van der Waals surface area contributed by atoms with Gasteiger partial charge in [-0.15, -0.1) is 0 Å². The lowest BCUT2D eigenvalue weighted by Crippen LogP contribution is -2.17. The van der Waals surface area contributed by atoms with Crippen LogP contribution in [0.5, 0.6) is 0 Å². The predicted molar refractivity (Wildman–Crippen MR) is 63.9 cm³/mol. The third-order valence-corrected chi connectivity index (χ3v) is 3.08. The number of hydrogen-bond acceptors (Lipinski definition) is 3. The molecular weight excluding hydrogens is 202 g/mol. The van der Waals surface area contributed by atoms with Gasteiger partial charge in [0, 0.05) is 36.3 Å². The molecule has 0 aliphatic carbocycles. The van der Waals surface area contributed by atoms with E-state index >= 15 is 0 Å². The predicted octanol–water partition coefficient (Wildman–Crippen LogP) is 2.39. The Morgan fingerprint density at radius 2 is 1.81 bits per heavy atom. The van der Waals surface area contributed by atoms with Crippen LogP contribution >= 0.6 is 0 Å². The average molecular weight is 215 g/mol. The fourth-order valence-corrected chi connectivity index (χ4v) is 2.22. The first-order valence-corrected chi connectivity index (χ1v) is 5.62. The summed E-state index contributed by atoms with van der Waals surface area (Å²) in [6, 6.07) is 9.31. The molecule has 1 fully saturated rings. The molecule has 1 aromatic heterocycles. The minimum absolute atomic E-state index is 0.286. The van der Waals surface area contributed by atoms with Gasteiger partial charge >= 0.3 is 5.63 Å². The highest BCUT2D eigenvalue weighted by atomic mass is 16.4. The molecule has 0 atom stereocenters. The number of nitrogens with zero attached hydrogens (tertiary/aromatic N) is 1. The number of anilines is 1. The number of hydrogen-bond donors (Lipinski definition) is 0. The van der Waals surface area contributed by atoms with Crippen molar-refractivity contribution in [2.24, 2.45) is 0 Å². The molecule has 82 valence electrons. The number of fused-ring (bicyclic) bond motifs is 1. The van der Waals surface area contributed by atoms with E-state index in [2.05, 4.69) is 11.0 Å². The van der Waals surface area contributed by atoms with Crippen LogP contribution in [0.1, 0.15) is 12.8 Å². The van der Waals surface area contributed by atoms with Crippen molar-refractivity contribution in [2.45, 2.75) is 12.8 Å². The van der Waals surface area contributed by atoms with Crippen molar-refractivity contribution < 1.29 is 4.42 Å². The summed E-state index contributed by atoms with van der Waals surface area (Å²) in [5, 5.41) is 0.975. The van der Waals surface area contributed by atoms with Gasteiger partial charge in [-0.3, -0.25) is 0 Å². The molecule has 0 unspecified atom stereocenters. The highest BCUT2D eigenvalue weighted by Crippen LogP contribution is 2.24. The zero-order chi connectivity index (χ0) is 11.0. The molecule has 3 heteroatoms. The van der Waals surface area contributed by atoms with Crippen LogP contribution in [-0.4, -0.2) is 13.1 Å². The largest absolute Gasteiger partial charge is 0.423 e. The minimum atomic E-state index is -0.286. The summed E-state index contributed by atoms with van der Waals surface area (Å²) in [5.41, 5.74) is 1.54. The van der Waals surface area contributed by atoms with Crippen LogP contribution in [0.25, 0.3) is 11.0 Å². The van der Waals surface area contributed by atoms with Crippen molar-refractivity contribution in [1.82, 2.24) is 0 Å². The molecule has 3 rings (SSSR count). The summed E-state index contributed by atoms with van der Waals surface area (Å²) in [6.07, 6.45) is 2.49. The molecule has 0 spiro atoms. The molecule has 0 N–H and O–H groups in total. The van der Waals surface area contributed by atoms with Crippen molar-refractivity contribution in [3.8, 4) is 0 Å². The van der Waals surface area contributed by atoms with Crippen molar-refractivity contribution >= 4 is 16.7 Å². The fraction of sp³-hybridized carbons (Fsp3) is 0.308. The van der Waals surface area contributed by atoms with Gasteiger partial charge in [-0.1, -0.05) is 0 Å². The van der Waals surface area contributed by atoms with Crippen molar-refractivity contribution in [3.63, 3.8) is 0 Å². The first kappa shape index (κ1) is 9.46. The van der Waals surface area contributed by atoms with Crippen molar-refractivity contribution in [1.29, 1.82) is 0 Å². The minimum Gasteiger partial charge on any atom is -0.423 e. The van der Waals surface area contributed by atoms with E-state index in [1.165, 1.54) is 18.9 Å². The smallest absolute Gasteiger partial charge is 0.336 e. The van der Waals surface area contributed by atoms with E-state index in [0.717, 1.165) is 24.2 Å². The number of rotatable bonds is 1. The molecule has 2 heterocycles. The van der Waals surface area contributed by atoms with Gasteiger partial charge in [-0.2, -0.15) is 0 Å². The summed E-state index contributed by atoms with van der Waals surface area (Å²) in [4.78, 5) is 13.5. The van der Waals surface area contributed by atoms with Crippen LogP contribution in [0.3, 0.4) is 0 Å². The maximum absolute atomic E-state index is 11.1. The molecule has 1 aliphatic rings. The van der Waals surface area contributed by atoms with Crippen molar-refractivity contribution in [2.75, 3.05) is 18.0 Å². The van der Waals surface area contributed by atoms with Gasteiger partial charge in [-0.25, -0.2) is 4.79 Å². The normalized spacial score (nSPS) is 15.9. The SMILES string of the molecule is O=c1ccc2ccc(N3CCCC3)cc2o1. The Hall–Kier alpha value is -1.77. The third-order valence-electron chi connectivity index (χ3n) is 3.08. The van der Waals surface area contributed by atoms with E-state index in [9.17, 15) is 4.79 Å². The summed E-state index contributed by atoms with van der Waals surface area (Å²) >= 11 is 0. The second-order valence-electron chi connectivity index (χ2n) is 4.17. The van der Waals surface area contributed by atoms with E-state index in [-0.39, 0.29) is 5.63 Å². The van der Waals surface area contributed by atoms with Gasteiger partial charge < -0.3 is 9.32 Å². The first-order chi connectivity index (χ1) is 7.83. The molecule has 0 amide bonds. The maximum atomic E-state index is 11.1. The Balaban J connectivity index is 2.10. The Bertz CT molecular complexity index is 567. The Morgan fingerprint density at radius 1 is 1.06 bits per heavy atom. The lowest BCUT2D eigenvalue weighted by molar-refractivity contribution is 0.561. The third kappa shape index (κ3) is 1.58.